The normalized spacial score (nSPS) is 18.8. The Morgan fingerprint density at radius 2 is 1.57 bits per heavy atom. The quantitative estimate of drug-likeness (QED) is 0.248. The Morgan fingerprint density at radius 1 is 0.925 bits per heavy atom. The summed E-state index contributed by atoms with van der Waals surface area (Å²) in [6.07, 6.45) is -0.162. The fraction of sp³-hybridized carbons (Fsp3) is 0.310. The molecule has 4 aromatic rings. The predicted molar refractivity (Wildman–Crippen MR) is 150 cm³/mol. The summed E-state index contributed by atoms with van der Waals surface area (Å²) in [5.41, 5.74) is 4.79. The van der Waals surface area contributed by atoms with Gasteiger partial charge in [0.05, 0.1) is 18.8 Å². The predicted octanol–water partition coefficient (Wildman–Crippen LogP) is 4.04. The molecule has 0 radical (unpaired) electrons. The second-order valence-electron chi connectivity index (χ2n) is 9.51. The lowest BCUT2D eigenvalue weighted by Crippen LogP contribution is -2.34. The maximum Gasteiger partial charge on any atom is 0.315 e. The van der Waals surface area contributed by atoms with Gasteiger partial charge in [0, 0.05) is 37.9 Å². The second kappa shape index (κ2) is 13.5. The van der Waals surface area contributed by atoms with Gasteiger partial charge in [-0.15, -0.1) is 5.10 Å². The summed E-state index contributed by atoms with van der Waals surface area (Å²) in [6.45, 7) is 0.870. The number of aliphatic hydroxyl groups excluding tert-OH is 1. The van der Waals surface area contributed by atoms with Crippen LogP contribution in [-0.4, -0.2) is 43.2 Å². The third kappa shape index (κ3) is 7.45. The lowest BCUT2D eigenvalue weighted by molar-refractivity contribution is -0.245. The first kappa shape index (κ1) is 27.8. The number of nitrogens with one attached hydrogen (secondary N) is 2. The number of nitrogens with zero attached hydrogens (tertiary/aromatic N) is 4. The first-order chi connectivity index (χ1) is 19.6. The Kier molecular flexibility index (Phi) is 9.40. The van der Waals surface area contributed by atoms with Crippen molar-refractivity contribution in [3.63, 3.8) is 0 Å². The molecule has 1 aromatic heterocycles. The number of hydrogen-bond acceptors (Lipinski definition) is 8. The lowest BCUT2D eigenvalue weighted by atomic mass is 10.0. The van der Waals surface area contributed by atoms with Crippen LogP contribution in [0.25, 0.3) is 0 Å². The molecule has 40 heavy (non-hydrogen) atoms. The molecule has 0 unspecified atom stereocenters. The van der Waals surface area contributed by atoms with E-state index in [1.807, 2.05) is 85.9 Å². The van der Waals surface area contributed by atoms with E-state index in [2.05, 4.69) is 26.2 Å². The number of amides is 2. The Labute approximate surface area is 237 Å². The van der Waals surface area contributed by atoms with Gasteiger partial charge in [0.1, 0.15) is 0 Å². The van der Waals surface area contributed by atoms with Crippen molar-refractivity contribution in [3.8, 4) is 0 Å². The number of thioether (sulfide) groups is 1. The van der Waals surface area contributed by atoms with E-state index in [9.17, 15) is 9.90 Å². The summed E-state index contributed by atoms with van der Waals surface area (Å²) in [6, 6.07) is 25.2. The van der Waals surface area contributed by atoms with Gasteiger partial charge in [-0.25, -0.2) is 9.48 Å². The van der Waals surface area contributed by atoms with Crippen LogP contribution in [0.3, 0.4) is 0 Å². The molecule has 11 heteroatoms. The zero-order valence-corrected chi connectivity index (χ0v) is 23.0. The van der Waals surface area contributed by atoms with Crippen molar-refractivity contribution >= 4 is 17.8 Å². The highest BCUT2D eigenvalue weighted by Crippen LogP contribution is 2.39. The van der Waals surface area contributed by atoms with Crippen LogP contribution < -0.4 is 10.6 Å². The fourth-order valence-electron chi connectivity index (χ4n) is 4.35. The smallest absolute Gasteiger partial charge is 0.315 e. The molecule has 2 heterocycles. The van der Waals surface area contributed by atoms with Crippen LogP contribution in [0, 0.1) is 0 Å². The van der Waals surface area contributed by atoms with E-state index in [1.54, 1.807) is 16.4 Å². The van der Waals surface area contributed by atoms with Gasteiger partial charge in [-0.2, -0.15) is 0 Å². The molecular formula is C29H32N6O4S. The van der Waals surface area contributed by atoms with Crippen LogP contribution in [0.1, 0.15) is 46.6 Å². The summed E-state index contributed by atoms with van der Waals surface area (Å²) in [5, 5.41) is 27.6. The number of aliphatic hydroxyl groups is 1. The van der Waals surface area contributed by atoms with Gasteiger partial charge in [0.25, 0.3) is 0 Å². The van der Waals surface area contributed by atoms with Gasteiger partial charge in [-0.3, -0.25) is 0 Å². The van der Waals surface area contributed by atoms with Gasteiger partial charge in [0.15, 0.2) is 6.29 Å². The number of urea groups is 1. The minimum Gasteiger partial charge on any atom is -0.392 e. The monoisotopic (exact) mass is 560 g/mol. The first-order valence-electron chi connectivity index (χ1n) is 13.1. The van der Waals surface area contributed by atoms with Crippen LogP contribution in [0.15, 0.2) is 84.0 Å². The Balaban J connectivity index is 1.21. The van der Waals surface area contributed by atoms with E-state index >= 15 is 0 Å². The molecule has 2 amide bonds. The average Bonchev–Trinajstić information content (AvgIpc) is 3.43. The van der Waals surface area contributed by atoms with Crippen molar-refractivity contribution < 1.29 is 19.4 Å². The highest BCUT2D eigenvalue weighted by Gasteiger charge is 2.32. The van der Waals surface area contributed by atoms with Crippen LogP contribution in [0.4, 0.5) is 4.79 Å². The summed E-state index contributed by atoms with van der Waals surface area (Å²) < 4.78 is 14.4. The van der Waals surface area contributed by atoms with Crippen molar-refractivity contribution in [2.75, 3.05) is 5.75 Å². The van der Waals surface area contributed by atoms with Crippen molar-refractivity contribution in [2.24, 2.45) is 7.05 Å². The zero-order chi connectivity index (χ0) is 27.7. The number of carbonyl (C=O) groups is 1. The molecule has 5 rings (SSSR count). The van der Waals surface area contributed by atoms with E-state index in [4.69, 9.17) is 9.47 Å². The molecule has 1 aliphatic heterocycles. The number of benzene rings is 3. The Hall–Kier alpha value is -3.77. The molecule has 1 saturated heterocycles. The maximum absolute atomic E-state index is 12.2. The summed E-state index contributed by atoms with van der Waals surface area (Å²) in [7, 11) is 1.81. The van der Waals surface area contributed by atoms with Crippen LogP contribution in [-0.2, 0) is 36.2 Å². The van der Waals surface area contributed by atoms with Crippen molar-refractivity contribution in [1.29, 1.82) is 0 Å². The standard InChI is InChI=1S/C29H32N6O4S/c1-35-29(32-33-34-35)40-19-25-15-26(23-11-9-22(18-36)10-12-23)39-27(38-25)24-13-7-21(8-14-24)17-31-28(37)30-16-20-5-3-2-4-6-20/h2-14,25-27,36H,15-19H2,1H3,(H2,30,31,37)/t25-,26+,27+/m1/s1. The van der Waals surface area contributed by atoms with Crippen LogP contribution in [0.5, 0.6) is 0 Å². The Morgan fingerprint density at radius 3 is 2.23 bits per heavy atom. The van der Waals surface area contributed by atoms with Gasteiger partial charge in [-0.05, 0) is 32.7 Å². The number of carbonyl (C=O) groups excluding carboxylic acids is 1. The number of aromatic nitrogens is 4. The van der Waals surface area contributed by atoms with Gasteiger partial charge in [-0.1, -0.05) is 90.6 Å². The third-order valence-corrected chi connectivity index (χ3v) is 7.74. The van der Waals surface area contributed by atoms with E-state index < -0.39 is 6.29 Å². The number of ether oxygens (including phenoxy) is 2. The molecule has 10 nitrogen and oxygen atoms in total. The second-order valence-corrected chi connectivity index (χ2v) is 10.5. The molecule has 0 spiro atoms. The van der Waals surface area contributed by atoms with Gasteiger partial charge < -0.3 is 25.2 Å². The van der Waals surface area contributed by atoms with E-state index in [1.165, 1.54) is 0 Å². The van der Waals surface area contributed by atoms with Crippen molar-refractivity contribution in [1.82, 2.24) is 30.8 Å². The van der Waals surface area contributed by atoms with Gasteiger partial charge in [0.2, 0.25) is 5.16 Å². The van der Waals surface area contributed by atoms with Gasteiger partial charge >= 0.3 is 6.03 Å². The Bertz CT molecular complexity index is 1370. The number of aryl methyl sites for hydroxylation is 1. The molecule has 0 aliphatic carbocycles. The van der Waals surface area contributed by atoms with E-state index in [0.717, 1.165) is 33.0 Å². The SMILES string of the molecule is Cn1nnnc1SC[C@H]1C[C@@H](c2ccc(CO)cc2)O[C@@H](c2ccc(CNC(=O)NCc3ccccc3)cc2)O1. The summed E-state index contributed by atoms with van der Waals surface area (Å²) in [5.74, 6) is 0.666. The minimum atomic E-state index is -0.560. The summed E-state index contributed by atoms with van der Waals surface area (Å²) in [4.78, 5) is 12.2. The molecule has 3 atom stereocenters. The molecule has 0 saturated carbocycles. The van der Waals surface area contributed by atoms with Crippen molar-refractivity contribution in [2.45, 2.75) is 49.8 Å². The first-order valence-corrected chi connectivity index (χ1v) is 14.1. The van der Waals surface area contributed by atoms with Crippen LogP contribution in [0.2, 0.25) is 0 Å². The molecular weight excluding hydrogens is 528 g/mol. The zero-order valence-electron chi connectivity index (χ0n) is 22.1. The topological polar surface area (TPSA) is 123 Å². The lowest BCUT2D eigenvalue weighted by Gasteiger charge is -2.36. The molecule has 208 valence electrons. The minimum absolute atomic E-state index is 0.00156. The fourth-order valence-corrected chi connectivity index (χ4v) is 5.22. The van der Waals surface area contributed by atoms with Crippen molar-refractivity contribution in [3.05, 3.63) is 107 Å². The summed E-state index contributed by atoms with van der Waals surface area (Å²) >= 11 is 1.54. The maximum atomic E-state index is 12.2. The van der Waals surface area contributed by atoms with Crippen LogP contribution >= 0.6 is 11.8 Å². The molecule has 3 N–H and O–H groups in total. The molecule has 0 bridgehead atoms. The average molecular weight is 561 g/mol. The number of rotatable bonds is 10. The highest BCUT2D eigenvalue weighted by molar-refractivity contribution is 7.99. The third-order valence-electron chi connectivity index (χ3n) is 6.60. The highest BCUT2D eigenvalue weighted by atomic mass is 32.2. The number of tetrazole rings is 1. The van der Waals surface area contributed by atoms with E-state index in [-0.39, 0.29) is 24.8 Å². The van der Waals surface area contributed by atoms with E-state index in [0.29, 0.717) is 25.3 Å². The largest absolute Gasteiger partial charge is 0.392 e. The molecule has 1 fully saturated rings. The molecule has 3 aromatic carbocycles. The molecule has 1 aliphatic rings. The number of hydrogen-bond donors (Lipinski definition) is 3.